The number of pyridine rings is 1. The summed E-state index contributed by atoms with van der Waals surface area (Å²) in [6, 6.07) is 4.52. The second-order valence-corrected chi connectivity index (χ2v) is 11.2. The first kappa shape index (κ1) is 26.1. The van der Waals surface area contributed by atoms with Gasteiger partial charge in [-0.15, -0.1) is 0 Å². The number of hydrogen-bond donors (Lipinski definition) is 2. The first-order valence-corrected chi connectivity index (χ1v) is 12.3. The Labute approximate surface area is 213 Å². The summed E-state index contributed by atoms with van der Waals surface area (Å²) < 4.78 is 16.5. The van der Waals surface area contributed by atoms with Crippen LogP contribution >= 0.6 is 11.6 Å². The fourth-order valence-electron chi connectivity index (χ4n) is 5.05. The topological polar surface area (TPSA) is 99.8 Å². The number of aromatic carboxylic acids is 1. The molecule has 2 N–H and O–H groups in total. The van der Waals surface area contributed by atoms with E-state index in [0.717, 1.165) is 0 Å². The molecule has 1 aliphatic heterocycles. The highest BCUT2D eigenvalue weighted by molar-refractivity contribution is 6.26. The number of alkyl halides is 1. The van der Waals surface area contributed by atoms with Crippen molar-refractivity contribution in [1.82, 2.24) is 9.47 Å². The quantitative estimate of drug-likeness (QED) is 0.433. The molecule has 0 spiro atoms. The third-order valence-corrected chi connectivity index (χ3v) is 7.49. The van der Waals surface area contributed by atoms with Gasteiger partial charge >= 0.3 is 5.97 Å². The van der Waals surface area contributed by atoms with Crippen molar-refractivity contribution in [2.24, 2.45) is 5.41 Å². The molecule has 1 aliphatic carbocycles. The first-order valence-electron chi connectivity index (χ1n) is 11.9. The molecule has 2 atom stereocenters. The van der Waals surface area contributed by atoms with E-state index in [4.69, 9.17) is 11.6 Å². The third kappa shape index (κ3) is 4.72. The summed E-state index contributed by atoms with van der Waals surface area (Å²) >= 11 is 6.77. The highest BCUT2D eigenvalue weighted by Gasteiger charge is 2.40. The molecule has 0 radical (unpaired) electrons. The lowest BCUT2D eigenvalue weighted by molar-refractivity contribution is -0.129. The number of likely N-dealkylation sites (tertiary alicyclic amines) is 1. The number of nitrogens with zero attached hydrogens (tertiary/aromatic N) is 2. The maximum Gasteiger partial charge on any atom is 0.341 e. The Kier molecular flexibility index (Phi) is 6.88. The van der Waals surface area contributed by atoms with Crippen LogP contribution in [0.25, 0.3) is 10.9 Å². The van der Waals surface area contributed by atoms with Gasteiger partial charge in [-0.1, -0.05) is 38.4 Å². The molecule has 2 aliphatic rings. The van der Waals surface area contributed by atoms with E-state index in [1.807, 2.05) is 20.8 Å². The molecule has 1 fully saturated rings. The number of allylic oxidation sites excluding steroid dienone is 2. The predicted octanol–water partition coefficient (Wildman–Crippen LogP) is 4.56. The zero-order chi connectivity index (χ0) is 26.4. The van der Waals surface area contributed by atoms with Gasteiger partial charge in [-0.2, -0.15) is 0 Å². The molecule has 2 aromatic rings. The number of hydrogen-bond acceptors (Lipinski definition) is 4. The van der Waals surface area contributed by atoms with Gasteiger partial charge in [0.2, 0.25) is 11.3 Å². The molecule has 36 heavy (non-hydrogen) atoms. The molecule has 0 saturated carbocycles. The molecule has 9 heteroatoms. The van der Waals surface area contributed by atoms with Crippen LogP contribution < -0.4 is 5.43 Å². The lowest BCUT2D eigenvalue weighted by Crippen LogP contribution is -2.44. The normalized spacial score (nSPS) is 21.5. The van der Waals surface area contributed by atoms with E-state index in [1.54, 1.807) is 33.7 Å². The summed E-state index contributed by atoms with van der Waals surface area (Å²) in [6.45, 7) is 6.01. The van der Waals surface area contributed by atoms with Crippen molar-refractivity contribution in [3.05, 3.63) is 69.3 Å². The minimum atomic E-state index is -1.36. The van der Waals surface area contributed by atoms with E-state index < -0.39 is 39.2 Å². The van der Waals surface area contributed by atoms with Gasteiger partial charge in [-0.05, 0) is 47.3 Å². The van der Waals surface area contributed by atoms with Gasteiger partial charge in [0.25, 0.3) is 0 Å². The standard InChI is InChI=1S/C27H30ClFN2O5/c1-26(2,3)22(15-32)30-14-19(25(35)36)24(34)18-12-16(6-7-21(18)30)11-17-13-27(28,9-8-20(17)29)31-10-4-5-23(31)33/h6-8,12-14,22,32H,4-5,9-11,15H2,1-3H3,(H,35,36)/t22-,27?/m1/s1. The number of rotatable bonds is 6. The molecule has 192 valence electrons. The largest absolute Gasteiger partial charge is 0.477 e. The second-order valence-electron chi connectivity index (χ2n) is 10.6. The molecule has 1 unspecified atom stereocenters. The summed E-state index contributed by atoms with van der Waals surface area (Å²) in [7, 11) is 0. The highest BCUT2D eigenvalue weighted by Crippen LogP contribution is 2.39. The lowest BCUT2D eigenvalue weighted by atomic mass is 9.86. The smallest absolute Gasteiger partial charge is 0.341 e. The number of carbonyl (C=O) groups excluding carboxylic acids is 1. The van der Waals surface area contributed by atoms with Gasteiger partial charge in [0, 0.05) is 37.4 Å². The van der Waals surface area contributed by atoms with Crippen molar-refractivity contribution in [1.29, 1.82) is 0 Å². The SMILES string of the molecule is CC(C)(C)[C@@H](CO)n1cc(C(=O)O)c(=O)c2cc(CC3=CC(Cl)(N4CCCC4=O)CC=C3F)ccc21. The van der Waals surface area contributed by atoms with E-state index in [1.165, 1.54) is 12.3 Å². The Bertz CT molecular complexity index is 1360. The van der Waals surface area contributed by atoms with E-state index in [-0.39, 0.29) is 30.7 Å². The minimum Gasteiger partial charge on any atom is -0.477 e. The fourth-order valence-corrected chi connectivity index (χ4v) is 5.43. The molecular formula is C27H30ClFN2O5. The average molecular weight is 517 g/mol. The van der Waals surface area contributed by atoms with Crippen LogP contribution in [0.4, 0.5) is 4.39 Å². The predicted molar refractivity (Wildman–Crippen MR) is 136 cm³/mol. The van der Waals surface area contributed by atoms with Crippen LogP contribution in [0.1, 0.15) is 62.0 Å². The van der Waals surface area contributed by atoms with Gasteiger partial charge < -0.3 is 19.7 Å². The van der Waals surface area contributed by atoms with E-state index in [9.17, 15) is 29.0 Å². The fraction of sp³-hybridized carbons (Fsp3) is 0.444. The monoisotopic (exact) mass is 516 g/mol. The van der Waals surface area contributed by atoms with Crippen LogP contribution in [0.2, 0.25) is 0 Å². The maximum absolute atomic E-state index is 14.8. The molecule has 4 rings (SSSR count). The Hall–Kier alpha value is -2.97. The number of carbonyl (C=O) groups is 2. The molecule has 1 amide bonds. The zero-order valence-corrected chi connectivity index (χ0v) is 21.3. The van der Waals surface area contributed by atoms with Crippen LogP contribution in [0, 0.1) is 5.41 Å². The molecule has 1 aromatic carbocycles. The van der Waals surface area contributed by atoms with Gasteiger partial charge in [0.1, 0.15) is 16.4 Å². The summed E-state index contributed by atoms with van der Waals surface area (Å²) in [6.07, 6.45) is 5.61. The van der Waals surface area contributed by atoms with Gasteiger partial charge in [0.05, 0.1) is 18.2 Å². The molecule has 7 nitrogen and oxygen atoms in total. The molecule has 1 saturated heterocycles. The van der Waals surface area contributed by atoms with Crippen molar-refractivity contribution in [3.8, 4) is 0 Å². The summed E-state index contributed by atoms with van der Waals surface area (Å²) in [5.41, 5.74) is -0.114. The van der Waals surface area contributed by atoms with Crippen molar-refractivity contribution in [3.63, 3.8) is 0 Å². The highest BCUT2D eigenvalue weighted by atomic mass is 35.5. The van der Waals surface area contributed by atoms with Crippen LogP contribution in [0.15, 0.2) is 52.7 Å². The molecular weight excluding hydrogens is 487 g/mol. The molecule has 2 heterocycles. The van der Waals surface area contributed by atoms with Crippen LogP contribution in [-0.2, 0) is 11.2 Å². The van der Waals surface area contributed by atoms with Crippen molar-refractivity contribution >= 4 is 34.4 Å². The Morgan fingerprint density at radius 2 is 2.00 bits per heavy atom. The van der Waals surface area contributed by atoms with E-state index >= 15 is 0 Å². The first-order chi connectivity index (χ1) is 16.9. The number of aliphatic hydroxyl groups is 1. The van der Waals surface area contributed by atoms with Gasteiger partial charge in [-0.25, -0.2) is 9.18 Å². The van der Waals surface area contributed by atoms with E-state index in [2.05, 4.69) is 0 Å². The molecule has 1 aromatic heterocycles. The van der Waals surface area contributed by atoms with E-state index in [0.29, 0.717) is 36.0 Å². The van der Waals surface area contributed by atoms with Crippen LogP contribution in [0.5, 0.6) is 0 Å². The number of benzene rings is 1. The number of aromatic nitrogens is 1. The molecule has 0 bridgehead atoms. The number of fused-ring (bicyclic) bond motifs is 1. The number of amides is 1. The maximum atomic E-state index is 14.8. The lowest BCUT2D eigenvalue weighted by Gasteiger charge is -2.36. The summed E-state index contributed by atoms with van der Waals surface area (Å²) in [5.74, 6) is -1.87. The van der Waals surface area contributed by atoms with Gasteiger partial charge in [0.15, 0.2) is 0 Å². The Morgan fingerprint density at radius 3 is 2.58 bits per heavy atom. The second kappa shape index (κ2) is 9.48. The third-order valence-electron chi connectivity index (χ3n) is 7.02. The zero-order valence-electron chi connectivity index (χ0n) is 20.6. The Morgan fingerprint density at radius 1 is 1.28 bits per heavy atom. The van der Waals surface area contributed by atoms with Crippen molar-refractivity contribution in [2.75, 3.05) is 13.2 Å². The minimum absolute atomic E-state index is 0.0685. The van der Waals surface area contributed by atoms with Crippen LogP contribution in [0.3, 0.4) is 0 Å². The van der Waals surface area contributed by atoms with Crippen molar-refractivity contribution in [2.45, 2.75) is 57.5 Å². The summed E-state index contributed by atoms with van der Waals surface area (Å²) in [4.78, 5) is 37.6. The van der Waals surface area contributed by atoms with Crippen LogP contribution in [-0.4, -0.2) is 49.7 Å². The number of carboxylic acids is 1. The Balaban J connectivity index is 1.80. The van der Waals surface area contributed by atoms with Crippen molar-refractivity contribution < 1.29 is 24.2 Å². The van der Waals surface area contributed by atoms with Gasteiger partial charge in [-0.3, -0.25) is 9.59 Å². The number of halogens is 2. The number of carboxylic acid groups (broad SMARTS) is 1. The average Bonchev–Trinajstić information content (AvgIpc) is 3.24. The number of aliphatic hydroxyl groups excluding tert-OH is 1. The summed E-state index contributed by atoms with van der Waals surface area (Å²) in [5, 5.41) is 19.9.